The number of carboxylic acid groups (broad SMARTS) is 1. The minimum absolute atomic E-state index is 0.0733. The lowest BCUT2D eigenvalue weighted by molar-refractivity contribution is 0.0691. The summed E-state index contributed by atoms with van der Waals surface area (Å²) < 4.78 is 7.31. The minimum atomic E-state index is -1.15. The molecule has 0 aliphatic heterocycles. The van der Waals surface area contributed by atoms with Crippen molar-refractivity contribution in [3.8, 4) is 5.75 Å². The van der Waals surface area contributed by atoms with Crippen molar-refractivity contribution in [2.45, 2.75) is 26.5 Å². The Morgan fingerprint density at radius 1 is 1.43 bits per heavy atom. The molecule has 0 saturated heterocycles. The van der Waals surface area contributed by atoms with Gasteiger partial charge in [-0.1, -0.05) is 23.2 Å². The Labute approximate surface area is 132 Å². The summed E-state index contributed by atoms with van der Waals surface area (Å²) in [6.45, 7) is 4.15. The zero-order valence-electron chi connectivity index (χ0n) is 11.5. The molecular weight excluding hydrogens is 315 g/mol. The van der Waals surface area contributed by atoms with Crippen LogP contribution in [0, 0.1) is 0 Å². The van der Waals surface area contributed by atoms with Crippen molar-refractivity contribution in [1.29, 1.82) is 0 Å². The number of halogens is 2. The first kappa shape index (κ1) is 15.7. The number of ether oxygens (including phenoxy) is 1. The summed E-state index contributed by atoms with van der Waals surface area (Å²) >= 11 is 11.8. The van der Waals surface area contributed by atoms with Crippen molar-refractivity contribution in [1.82, 2.24) is 9.78 Å². The highest BCUT2D eigenvalue weighted by Crippen LogP contribution is 2.33. The van der Waals surface area contributed by atoms with Gasteiger partial charge in [0.25, 0.3) is 0 Å². The Balaban J connectivity index is 2.21. The first-order valence-corrected chi connectivity index (χ1v) is 7.03. The zero-order chi connectivity index (χ0) is 15.6. The maximum atomic E-state index is 11.2. The minimum Gasteiger partial charge on any atom is -0.485 e. The number of aromatic carboxylic acids is 1. The van der Waals surface area contributed by atoms with Crippen LogP contribution in [0.2, 0.25) is 10.0 Å². The van der Waals surface area contributed by atoms with E-state index in [4.69, 9.17) is 27.9 Å². The van der Waals surface area contributed by atoms with Gasteiger partial charge >= 0.3 is 5.97 Å². The third-order valence-corrected chi connectivity index (χ3v) is 3.29. The molecule has 5 nitrogen and oxygen atoms in total. The SMILES string of the molecule is CC(C)n1ccc(COc2c(Cl)cc(Cl)cc2C(=O)O)n1. The smallest absolute Gasteiger partial charge is 0.339 e. The van der Waals surface area contributed by atoms with Crippen molar-refractivity contribution in [2.75, 3.05) is 0 Å². The van der Waals surface area contributed by atoms with Gasteiger partial charge < -0.3 is 9.84 Å². The van der Waals surface area contributed by atoms with Crippen LogP contribution in [0.3, 0.4) is 0 Å². The van der Waals surface area contributed by atoms with Crippen LogP contribution < -0.4 is 4.74 Å². The van der Waals surface area contributed by atoms with Crippen LogP contribution in [0.1, 0.15) is 35.9 Å². The topological polar surface area (TPSA) is 64.3 Å². The summed E-state index contributed by atoms with van der Waals surface area (Å²) in [5, 5.41) is 13.9. The van der Waals surface area contributed by atoms with E-state index in [2.05, 4.69) is 5.10 Å². The Morgan fingerprint density at radius 2 is 2.14 bits per heavy atom. The molecule has 0 bridgehead atoms. The van der Waals surface area contributed by atoms with Crippen LogP contribution in [0.5, 0.6) is 5.75 Å². The van der Waals surface area contributed by atoms with Gasteiger partial charge in [0, 0.05) is 17.3 Å². The normalized spacial score (nSPS) is 10.9. The molecule has 0 saturated carbocycles. The van der Waals surface area contributed by atoms with Gasteiger partial charge in [-0.05, 0) is 32.0 Å². The monoisotopic (exact) mass is 328 g/mol. The molecule has 0 atom stereocenters. The third kappa shape index (κ3) is 3.68. The molecule has 2 aromatic rings. The van der Waals surface area contributed by atoms with Crippen molar-refractivity contribution < 1.29 is 14.6 Å². The van der Waals surface area contributed by atoms with Crippen molar-refractivity contribution in [2.24, 2.45) is 0 Å². The summed E-state index contributed by atoms with van der Waals surface area (Å²) in [6.07, 6.45) is 1.84. The standard InChI is InChI=1S/C14H14Cl2N2O3/c1-8(2)18-4-3-10(17-18)7-21-13-11(14(19)20)5-9(15)6-12(13)16/h3-6,8H,7H2,1-2H3,(H,19,20). The van der Waals surface area contributed by atoms with E-state index in [0.717, 1.165) is 0 Å². The molecule has 1 aromatic heterocycles. The molecule has 0 amide bonds. The van der Waals surface area contributed by atoms with E-state index in [1.807, 2.05) is 26.1 Å². The van der Waals surface area contributed by atoms with Gasteiger partial charge in [-0.15, -0.1) is 0 Å². The Kier molecular flexibility index (Phi) is 4.75. The van der Waals surface area contributed by atoms with Crippen LogP contribution in [0.4, 0.5) is 0 Å². The maximum absolute atomic E-state index is 11.2. The number of nitrogens with zero attached hydrogens (tertiary/aromatic N) is 2. The summed E-state index contributed by atoms with van der Waals surface area (Å²) in [6, 6.07) is 4.80. The second-order valence-electron chi connectivity index (χ2n) is 4.74. The second-order valence-corrected chi connectivity index (χ2v) is 5.58. The van der Waals surface area contributed by atoms with Crippen molar-refractivity contribution >= 4 is 29.2 Å². The molecule has 21 heavy (non-hydrogen) atoms. The van der Waals surface area contributed by atoms with Crippen LogP contribution in [-0.4, -0.2) is 20.9 Å². The summed E-state index contributed by atoms with van der Waals surface area (Å²) in [4.78, 5) is 11.2. The van der Waals surface area contributed by atoms with Gasteiger partial charge in [0.05, 0.1) is 10.7 Å². The zero-order valence-corrected chi connectivity index (χ0v) is 13.0. The number of hydrogen-bond donors (Lipinski definition) is 1. The van der Waals surface area contributed by atoms with Gasteiger partial charge in [-0.2, -0.15) is 5.10 Å². The van der Waals surface area contributed by atoms with E-state index in [-0.39, 0.29) is 34.0 Å². The Hall–Kier alpha value is -1.72. The number of carbonyl (C=O) groups is 1. The molecule has 1 N–H and O–H groups in total. The van der Waals surface area contributed by atoms with Gasteiger partial charge in [-0.3, -0.25) is 4.68 Å². The van der Waals surface area contributed by atoms with Crippen LogP contribution in [-0.2, 0) is 6.61 Å². The molecule has 7 heteroatoms. The first-order valence-electron chi connectivity index (χ1n) is 6.27. The highest BCUT2D eigenvalue weighted by atomic mass is 35.5. The quantitative estimate of drug-likeness (QED) is 0.899. The fourth-order valence-corrected chi connectivity index (χ4v) is 2.30. The van der Waals surface area contributed by atoms with E-state index < -0.39 is 5.97 Å². The van der Waals surface area contributed by atoms with Gasteiger partial charge in [0.1, 0.15) is 12.2 Å². The van der Waals surface area contributed by atoms with Gasteiger partial charge in [0.15, 0.2) is 5.75 Å². The molecule has 0 aliphatic carbocycles. The fourth-order valence-electron chi connectivity index (χ4n) is 1.75. The lowest BCUT2D eigenvalue weighted by Crippen LogP contribution is -2.06. The molecule has 1 aromatic carbocycles. The largest absolute Gasteiger partial charge is 0.485 e. The summed E-state index contributed by atoms with van der Waals surface area (Å²) in [5.41, 5.74) is 0.613. The van der Waals surface area contributed by atoms with Crippen molar-refractivity contribution in [3.05, 3.63) is 45.7 Å². The van der Waals surface area contributed by atoms with Gasteiger partial charge in [-0.25, -0.2) is 4.79 Å². The number of carboxylic acids is 1. The molecule has 0 spiro atoms. The van der Waals surface area contributed by atoms with Crippen LogP contribution in [0.15, 0.2) is 24.4 Å². The summed E-state index contributed by atoms with van der Waals surface area (Å²) in [7, 11) is 0. The highest BCUT2D eigenvalue weighted by Gasteiger charge is 2.17. The Bertz CT molecular complexity index is 668. The molecule has 0 fully saturated rings. The van der Waals surface area contributed by atoms with E-state index in [1.54, 1.807) is 4.68 Å². The number of aromatic nitrogens is 2. The predicted octanol–water partition coefficient (Wildman–Crippen LogP) is 4.05. The molecule has 0 radical (unpaired) electrons. The average Bonchev–Trinajstić information content (AvgIpc) is 2.85. The number of hydrogen-bond acceptors (Lipinski definition) is 3. The molecule has 1 heterocycles. The first-order chi connectivity index (χ1) is 9.88. The van der Waals surface area contributed by atoms with Crippen LogP contribution >= 0.6 is 23.2 Å². The number of rotatable bonds is 5. The van der Waals surface area contributed by atoms with E-state index in [9.17, 15) is 9.90 Å². The lowest BCUT2D eigenvalue weighted by Gasteiger charge is -2.10. The second kappa shape index (κ2) is 6.37. The molecule has 0 aliphatic rings. The fraction of sp³-hybridized carbons (Fsp3) is 0.286. The average molecular weight is 329 g/mol. The van der Waals surface area contributed by atoms with E-state index in [0.29, 0.717) is 5.69 Å². The summed E-state index contributed by atoms with van der Waals surface area (Å²) in [5.74, 6) is -1.06. The highest BCUT2D eigenvalue weighted by molar-refractivity contribution is 6.36. The van der Waals surface area contributed by atoms with Gasteiger partial charge in [0.2, 0.25) is 0 Å². The van der Waals surface area contributed by atoms with E-state index in [1.165, 1.54) is 12.1 Å². The maximum Gasteiger partial charge on any atom is 0.339 e. The van der Waals surface area contributed by atoms with Crippen LogP contribution in [0.25, 0.3) is 0 Å². The van der Waals surface area contributed by atoms with E-state index >= 15 is 0 Å². The Morgan fingerprint density at radius 3 is 2.71 bits per heavy atom. The van der Waals surface area contributed by atoms with Crippen molar-refractivity contribution in [3.63, 3.8) is 0 Å². The number of benzene rings is 1. The molecular formula is C14H14Cl2N2O3. The molecule has 0 unspecified atom stereocenters. The predicted molar refractivity (Wildman–Crippen MR) is 80.4 cm³/mol. The lowest BCUT2D eigenvalue weighted by atomic mass is 10.2. The third-order valence-electron chi connectivity index (χ3n) is 2.80. The molecule has 112 valence electrons. The molecule has 2 rings (SSSR count).